The highest BCUT2D eigenvalue weighted by Crippen LogP contribution is 2.25. The number of benzene rings is 2. The molecule has 0 aromatic heterocycles. The summed E-state index contributed by atoms with van der Waals surface area (Å²) >= 11 is 3.40. The summed E-state index contributed by atoms with van der Waals surface area (Å²) < 4.78 is 0.917. The molecule has 1 heterocycles. The van der Waals surface area contributed by atoms with Gasteiger partial charge >= 0.3 is 0 Å². The number of halogens is 1. The first-order valence-corrected chi connectivity index (χ1v) is 7.35. The molecule has 2 aromatic rings. The summed E-state index contributed by atoms with van der Waals surface area (Å²) in [5, 5.41) is 0. The molecule has 1 amide bonds. The lowest BCUT2D eigenvalue weighted by Crippen LogP contribution is -2.36. The first-order chi connectivity index (χ1) is 9.65. The fourth-order valence-electron chi connectivity index (χ4n) is 2.58. The second-order valence-corrected chi connectivity index (χ2v) is 5.89. The maximum Gasteiger partial charge on any atom is 0.254 e. The van der Waals surface area contributed by atoms with Gasteiger partial charge in [-0.05, 0) is 41.8 Å². The molecule has 0 aliphatic carbocycles. The first-order valence-electron chi connectivity index (χ1n) is 6.56. The van der Waals surface area contributed by atoms with Gasteiger partial charge in [-0.2, -0.15) is 0 Å². The van der Waals surface area contributed by atoms with Crippen LogP contribution in [-0.2, 0) is 13.0 Å². The number of hydrogen-bond acceptors (Lipinski definition) is 2. The number of anilines is 1. The van der Waals surface area contributed by atoms with E-state index in [1.54, 1.807) is 0 Å². The summed E-state index contributed by atoms with van der Waals surface area (Å²) in [4.78, 5) is 14.4. The molecular formula is C16H15BrN2O. The van der Waals surface area contributed by atoms with Crippen molar-refractivity contribution < 1.29 is 4.79 Å². The van der Waals surface area contributed by atoms with Gasteiger partial charge in [-0.1, -0.05) is 34.1 Å². The number of nitrogen functional groups attached to an aromatic ring is 1. The molecule has 2 N–H and O–H groups in total. The van der Waals surface area contributed by atoms with E-state index in [1.807, 2.05) is 41.3 Å². The van der Waals surface area contributed by atoms with Crippen molar-refractivity contribution in [1.82, 2.24) is 4.90 Å². The smallest absolute Gasteiger partial charge is 0.254 e. The van der Waals surface area contributed by atoms with Gasteiger partial charge in [0.2, 0.25) is 0 Å². The molecule has 1 aliphatic rings. The van der Waals surface area contributed by atoms with E-state index in [4.69, 9.17) is 5.73 Å². The number of fused-ring (bicyclic) bond motifs is 1. The van der Waals surface area contributed by atoms with Crippen molar-refractivity contribution in [2.24, 2.45) is 0 Å². The number of carbonyl (C=O) groups excluding carboxylic acids is 1. The predicted molar refractivity (Wildman–Crippen MR) is 83.4 cm³/mol. The van der Waals surface area contributed by atoms with Gasteiger partial charge in [-0.25, -0.2) is 0 Å². The largest absolute Gasteiger partial charge is 0.398 e. The van der Waals surface area contributed by atoms with Crippen molar-refractivity contribution in [3.63, 3.8) is 0 Å². The van der Waals surface area contributed by atoms with E-state index in [1.165, 1.54) is 5.56 Å². The highest BCUT2D eigenvalue weighted by Gasteiger charge is 2.22. The van der Waals surface area contributed by atoms with E-state index in [2.05, 4.69) is 22.0 Å². The summed E-state index contributed by atoms with van der Waals surface area (Å²) in [5.74, 6) is 0.0557. The summed E-state index contributed by atoms with van der Waals surface area (Å²) in [7, 11) is 0. The summed E-state index contributed by atoms with van der Waals surface area (Å²) in [5.41, 5.74) is 9.84. The van der Waals surface area contributed by atoms with Crippen LogP contribution in [0.4, 0.5) is 5.69 Å². The average Bonchev–Trinajstić information content (AvgIpc) is 2.47. The zero-order chi connectivity index (χ0) is 14.1. The van der Waals surface area contributed by atoms with Crippen LogP contribution in [-0.4, -0.2) is 17.4 Å². The van der Waals surface area contributed by atoms with E-state index in [9.17, 15) is 4.79 Å². The lowest BCUT2D eigenvalue weighted by Gasteiger charge is -2.29. The Morgan fingerprint density at radius 1 is 1.20 bits per heavy atom. The van der Waals surface area contributed by atoms with Crippen LogP contribution in [0.1, 0.15) is 21.5 Å². The SMILES string of the molecule is Nc1cccc2c1CN(C(=O)c1cccc(Br)c1)CC2. The molecule has 0 unspecified atom stereocenters. The monoisotopic (exact) mass is 330 g/mol. The van der Waals surface area contributed by atoms with E-state index in [0.717, 1.165) is 28.7 Å². The summed E-state index contributed by atoms with van der Waals surface area (Å²) in [6, 6.07) is 13.4. The van der Waals surface area contributed by atoms with Gasteiger partial charge in [0.1, 0.15) is 0 Å². The predicted octanol–water partition coefficient (Wildman–Crippen LogP) is 3.23. The summed E-state index contributed by atoms with van der Waals surface area (Å²) in [6.45, 7) is 1.33. The molecule has 0 fully saturated rings. The topological polar surface area (TPSA) is 46.3 Å². The molecule has 0 saturated carbocycles. The second-order valence-electron chi connectivity index (χ2n) is 4.97. The Bertz CT molecular complexity index is 669. The standard InChI is InChI=1S/C16H15BrN2O/c17-13-5-1-4-12(9-13)16(20)19-8-7-11-3-2-6-15(18)14(11)10-19/h1-6,9H,7-8,10,18H2. The number of nitrogens with zero attached hydrogens (tertiary/aromatic N) is 1. The molecule has 3 nitrogen and oxygen atoms in total. The zero-order valence-corrected chi connectivity index (χ0v) is 12.6. The van der Waals surface area contributed by atoms with Gasteiger partial charge in [0.25, 0.3) is 5.91 Å². The van der Waals surface area contributed by atoms with Gasteiger partial charge in [0, 0.05) is 28.8 Å². The summed E-state index contributed by atoms with van der Waals surface area (Å²) in [6.07, 6.45) is 0.861. The minimum atomic E-state index is 0.0557. The molecule has 102 valence electrons. The van der Waals surface area contributed by atoms with Crippen LogP contribution in [0.5, 0.6) is 0 Å². The number of nitrogens with two attached hydrogens (primary N) is 1. The van der Waals surface area contributed by atoms with Gasteiger partial charge < -0.3 is 10.6 Å². The quantitative estimate of drug-likeness (QED) is 0.816. The Morgan fingerprint density at radius 2 is 2.00 bits per heavy atom. The second kappa shape index (κ2) is 5.29. The molecule has 0 radical (unpaired) electrons. The van der Waals surface area contributed by atoms with Crippen molar-refractivity contribution >= 4 is 27.5 Å². The fraction of sp³-hybridized carbons (Fsp3) is 0.188. The molecule has 0 bridgehead atoms. The minimum Gasteiger partial charge on any atom is -0.398 e. The highest BCUT2D eigenvalue weighted by atomic mass is 79.9. The van der Waals surface area contributed by atoms with Crippen LogP contribution in [0.3, 0.4) is 0 Å². The highest BCUT2D eigenvalue weighted by molar-refractivity contribution is 9.10. The first kappa shape index (κ1) is 13.2. The van der Waals surface area contributed by atoms with E-state index >= 15 is 0 Å². The third-order valence-corrected chi connectivity index (χ3v) is 4.16. The average molecular weight is 331 g/mol. The molecule has 20 heavy (non-hydrogen) atoms. The maximum atomic E-state index is 12.5. The zero-order valence-electron chi connectivity index (χ0n) is 11.0. The Balaban J connectivity index is 1.87. The number of rotatable bonds is 1. The van der Waals surface area contributed by atoms with Crippen molar-refractivity contribution in [1.29, 1.82) is 0 Å². The molecule has 1 aliphatic heterocycles. The maximum absolute atomic E-state index is 12.5. The Kier molecular flexibility index (Phi) is 3.49. The molecular weight excluding hydrogens is 316 g/mol. The Hall–Kier alpha value is -1.81. The molecule has 0 atom stereocenters. The number of hydrogen-bond donors (Lipinski definition) is 1. The molecule has 2 aromatic carbocycles. The van der Waals surface area contributed by atoms with Crippen LogP contribution in [0.2, 0.25) is 0 Å². The van der Waals surface area contributed by atoms with Crippen LogP contribution in [0.25, 0.3) is 0 Å². The Labute approximate surface area is 126 Å². The van der Waals surface area contributed by atoms with E-state index in [-0.39, 0.29) is 5.91 Å². The van der Waals surface area contributed by atoms with Gasteiger partial charge in [0.05, 0.1) is 0 Å². The van der Waals surface area contributed by atoms with Crippen LogP contribution >= 0.6 is 15.9 Å². The van der Waals surface area contributed by atoms with Crippen LogP contribution in [0, 0.1) is 0 Å². The van der Waals surface area contributed by atoms with Crippen molar-refractivity contribution in [2.45, 2.75) is 13.0 Å². The molecule has 0 saturated heterocycles. The van der Waals surface area contributed by atoms with Gasteiger partial charge in [-0.3, -0.25) is 4.79 Å². The van der Waals surface area contributed by atoms with Crippen molar-refractivity contribution in [3.05, 3.63) is 63.6 Å². The molecule has 0 spiro atoms. The normalized spacial score (nSPS) is 13.9. The lowest BCUT2D eigenvalue weighted by molar-refractivity contribution is 0.0735. The third-order valence-electron chi connectivity index (χ3n) is 3.67. The van der Waals surface area contributed by atoms with E-state index in [0.29, 0.717) is 12.1 Å². The number of carbonyl (C=O) groups is 1. The van der Waals surface area contributed by atoms with E-state index < -0.39 is 0 Å². The van der Waals surface area contributed by atoms with Crippen LogP contribution < -0.4 is 5.73 Å². The molecule has 3 rings (SSSR count). The third kappa shape index (κ3) is 2.43. The van der Waals surface area contributed by atoms with Gasteiger partial charge in [-0.15, -0.1) is 0 Å². The van der Waals surface area contributed by atoms with Crippen molar-refractivity contribution in [2.75, 3.05) is 12.3 Å². The van der Waals surface area contributed by atoms with Gasteiger partial charge in [0.15, 0.2) is 0 Å². The van der Waals surface area contributed by atoms with Crippen molar-refractivity contribution in [3.8, 4) is 0 Å². The fourth-order valence-corrected chi connectivity index (χ4v) is 2.98. The number of amides is 1. The minimum absolute atomic E-state index is 0.0557. The van der Waals surface area contributed by atoms with Crippen LogP contribution in [0.15, 0.2) is 46.9 Å². The Morgan fingerprint density at radius 3 is 2.80 bits per heavy atom. The lowest BCUT2D eigenvalue weighted by atomic mass is 9.97. The molecule has 4 heteroatoms.